The predicted octanol–water partition coefficient (Wildman–Crippen LogP) is 4.36. The largest absolute Gasteiger partial charge is 0.497 e. The average molecular weight is 375 g/mol. The molecule has 2 aromatic heterocycles. The molecular formula is C22H21N3O3. The van der Waals surface area contributed by atoms with Crippen LogP contribution in [-0.4, -0.2) is 34.8 Å². The van der Waals surface area contributed by atoms with Crippen molar-refractivity contribution in [3.8, 4) is 28.2 Å². The number of aromatic nitrogens is 2. The molecule has 28 heavy (non-hydrogen) atoms. The lowest BCUT2D eigenvalue weighted by Crippen LogP contribution is -2.16. The summed E-state index contributed by atoms with van der Waals surface area (Å²) < 4.78 is 11.4. The second kappa shape index (κ2) is 7.70. The molecule has 2 heterocycles. The SMILES string of the molecule is COc1ccc(-c2c(-c3ccccc3)oc3ncnc(NC[C@H](C)O)c23)cc1. The zero-order valence-corrected chi connectivity index (χ0v) is 15.7. The molecule has 0 saturated carbocycles. The third kappa shape index (κ3) is 3.42. The van der Waals surface area contributed by atoms with E-state index in [-0.39, 0.29) is 0 Å². The van der Waals surface area contributed by atoms with Gasteiger partial charge in [-0.1, -0.05) is 42.5 Å². The fraction of sp³-hybridized carbons (Fsp3) is 0.182. The molecule has 0 aliphatic rings. The van der Waals surface area contributed by atoms with Gasteiger partial charge < -0.3 is 19.6 Å². The summed E-state index contributed by atoms with van der Waals surface area (Å²) in [5, 5.41) is 13.7. The van der Waals surface area contributed by atoms with Crippen molar-refractivity contribution >= 4 is 16.9 Å². The van der Waals surface area contributed by atoms with E-state index in [2.05, 4.69) is 15.3 Å². The summed E-state index contributed by atoms with van der Waals surface area (Å²) in [6.45, 7) is 2.10. The molecule has 0 unspecified atom stereocenters. The lowest BCUT2D eigenvalue weighted by Gasteiger charge is -2.10. The summed E-state index contributed by atoms with van der Waals surface area (Å²) in [6, 6.07) is 17.7. The lowest BCUT2D eigenvalue weighted by molar-refractivity contribution is 0.208. The molecule has 142 valence electrons. The molecule has 0 saturated heterocycles. The van der Waals surface area contributed by atoms with Gasteiger partial charge in [-0.2, -0.15) is 0 Å². The van der Waals surface area contributed by atoms with Crippen molar-refractivity contribution in [3.05, 3.63) is 60.9 Å². The molecule has 1 atom stereocenters. The van der Waals surface area contributed by atoms with Crippen LogP contribution < -0.4 is 10.1 Å². The highest BCUT2D eigenvalue weighted by Gasteiger charge is 2.22. The molecule has 0 bridgehead atoms. The number of anilines is 1. The van der Waals surface area contributed by atoms with Crippen LogP contribution in [0.1, 0.15) is 6.92 Å². The minimum Gasteiger partial charge on any atom is -0.497 e. The third-order valence-electron chi connectivity index (χ3n) is 4.47. The number of ether oxygens (including phenoxy) is 1. The van der Waals surface area contributed by atoms with Gasteiger partial charge >= 0.3 is 0 Å². The second-order valence-corrected chi connectivity index (χ2v) is 6.53. The number of rotatable bonds is 6. The quantitative estimate of drug-likeness (QED) is 0.521. The van der Waals surface area contributed by atoms with Gasteiger partial charge in [0.05, 0.1) is 18.6 Å². The van der Waals surface area contributed by atoms with Crippen LogP contribution in [0.2, 0.25) is 0 Å². The van der Waals surface area contributed by atoms with Crippen LogP contribution in [0.3, 0.4) is 0 Å². The van der Waals surface area contributed by atoms with Crippen molar-refractivity contribution in [3.63, 3.8) is 0 Å². The van der Waals surface area contributed by atoms with Crippen LogP contribution in [-0.2, 0) is 0 Å². The highest BCUT2D eigenvalue weighted by atomic mass is 16.5. The highest BCUT2D eigenvalue weighted by molar-refractivity contribution is 6.05. The van der Waals surface area contributed by atoms with Gasteiger partial charge in [0.15, 0.2) is 0 Å². The number of furan rings is 1. The van der Waals surface area contributed by atoms with Crippen LogP contribution in [0.25, 0.3) is 33.6 Å². The predicted molar refractivity (Wildman–Crippen MR) is 109 cm³/mol. The summed E-state index contributed by atoms with van der Waals surface area (Å²) in [4.78, 5) is 8.72. The molecule has 2 aromatic carbocycles. The molecular weight excluding hydrogens is 354 g/mol. The first-order valence-electron chi connectivity index (χ1n) is 9.06. The van der Waals surface area contributed by atoms with Crippen LogP contribution in [0.4, 0.5) is 5.82 Å². The Morgan fingerprint density at radius 2 is 1.79 bits per heavy atom. The smallest absolute Gasteiger partial charge is 0.232 e. The number of aliphatic hydroxyl groups excluding tert-OH is 1. The Bertz CT molecular complexity index is 1070. The van der Waals surface area contributed by atoms with E-state index in [1.54, 1.807) is 14.0 Å². The highest BCUT2D eigenvalue weighted by Crippen LogP contribution is 2.42. The van der Waals surface area contributed by atoms with Gasteiger partial charge in [0, 0.05) is 17.7 Å². The minimum atomic E-state index is -0.505. The number of benzene rings is 2. The summed E-state index contributed by atoms with van der Waals surface area (Å²) in [5.41, 5.74) is 3.31. The normalized spacial score (nSPS) is 12.1. The topological polar surface area (TPSA) is 80.4 Å². The first-order valence-corrected chi connectivity index (χ1v) is 9.06. The molecule has 6 nitrogen and oxygen atoms in total. The number of methoxy groups -OCH3 is 1. The van der Waals surface area contributed by atoms with Crippen LogP contribution in [0.15, 0.2) is 65.3 Å². The molecule has 4 aromatic rings. The fourth-order valence-corrected chi connectivity index (χ4v) is 3.14. The maximum absolute atomic E-state index is 9.67. The number of hydrogen-bond acceptors (Lipinski definition) is 6. The molecule has 0 aliphatic carbocycles. The van der Waals surface area contributed by atoms with E-state index in [4.69, 9.17) is 9.15 Å². The summed E-state index contributed by atoms with van der Waals surface area (Å²) in [7, 11) is 1.64. The van der Waals surface area contributed by atoms with Crippen molar-refractivity contribution in [2.24, 2.45) is 0 Å². The number of fused-ring (bicyclic) bond motifs is 1. The summed E-state index contributed by atoms with van der Waals surface area (Å²) in [5.74, 6) is 2.13. The molecule has 0 fully saturated rings. The van der Waals surface area contributed by atoms with Crippen LogP contribution in [0.5, 0.6) is 5.75 Å². The van der Waals surface area contributed by atoms with E-state index >= 15 is 0 Å². The first kappa shape index (κ1) is 18.0. The van der Waals surface area contributed by atoms with Crippen LogP contribution >= 0.6 is 0 Å². The number of nitrogens with zero attached hydrogens (tertiary/aromatic N) is 2. The zero-order valence-electron chi connectivity index (χ0n) is 15.7. The molecule has 0 radical (unpaired) electrons. The van der Waals surface area contributed by atoms with Crippen molar-refractivity contribution in [2.75, 3.05) is 19.0 Å². The van der Waals surface area contributed by atoms with Gasteiger partial charge in [0.1, 0.15) is 23.7 Å². The maximum atomic E-state index is 9.67. The number of nitrogens with one attached hydrogen (secondary N) is 1. The van der Waals surface area contributed by atoms with E-state index in [0.717, 1.165) is 33.6 Å². The van der Waals surface area contributed by atoms with Gasteiger partial charge in [-0.3, -0.25) is 0 Å². The Labute approximate surface area is 162 Å². The lowest BCUT2D eigenvalue weighted by atomic mass is 9.99. The Morgan fingerprint density at radius 1 is 1.04 bits per heavy atom. The van der Waals surface area contributed by atoms with Gasteiger partial charge in [0.25, 0.3) is 0 Å². The van der Waals surface area contributed by atoms with Gasteiger partial charge in [-0.25, -0.2) is 9.97 Å². The van der Waals surface area contributed by atoms with E-state index < -0.39 is 6.10 Å². The first-order chi connectivity index (χ1) is 13.7. The van der Waals surface area contributed by atoms with Gasteiger partial charge in [-0.05, 0) is 24.6 Å². The summed E-state index contributed by atoms with van der Waals surface area (Å²) >= 11 is 0. The van der Waals surface area contributed by atoms with E-state index in [9.17, 15) is 5.11 Å². The Balaban J connectivity index is 1.96. The van der Waals surface area contributed by atoms with E-state index in [1.165, 1.54) is 6.33 Å². The average Bonchev–Trinajstić information content (AvgIpc) is 3.13. The van der Waals surface area contributed by atoms with Crippen molar-refractivity contribution in [2.45, 2.75) is 13.0 Å². The summed E-state index contributed by atoms with van der Waals surface area (Å²) in [6.07, 6.45) is 0.956. The second-order valence-electron chi connectivity index (χ2n) is 6.53. The monoisotopic (exact) mass is 375 g/mol. The van der Waals surface area contributed by atoms with Crippen molar-refractivity contribution in [1.29, 1.82) is 0 Å². The Kier molecular flexibility index (Phi) is 4.95. The molecule has 0 spiro atoms. The van der Waals surface area contributed by atoms with Gasteiger partial charge in [0.2, 0.25) is 5.71 Å². The molecule has 2 N–H and O–H groups in total. The third-order valence-corrected chi connectivity index (χ3v) is 4.47. The molecule has 4 rings (SSSR count). The number of aliphatic hydroxyl groups is 1. The van der Waals surface area contributed by atoms with E-state index in [1.807, 2.05) is 54.6 Å². The Morgan fingerprint density at radius 3 is 2.46 bits per heavy atom. The van der Waals surface area contributed by atoms with Crippen molar-refractivity contribution < 1.29 is 14.3 Å². The standard InChI is InChI=1S/C22H21N3O3/c1-14(26)12-23-21-19-18(15-8-10-17(27-2)11-9-15)20(16-6-4-3-5-7-16)28-22(19)25-13-24-21/h3-11,13-14,26H,12H2,1-2H3,(H,23,24,25)/t14-/m0/s1. The maximum Gasteiger partial charge on any atom is 0.232 e. The zero-order chi connectivity index (χ0) is 19.5. The minimum absolute atomic E-state index is 0.375. The number of hydrogen-bond donors (Lipinski definition) is 2. The van der Waals surface area contributed by atoms with Gasteiger partial charge in [-0.15, -0.1) is 0 Å². The molecule has 0 aliphatic heterocycles. The van der Waals surface area contributed by atoms with Crippen molar-refractivity contribution in [1.82, 2.24) is 9.97 Å². The molecule has 0 amide bonds. The van der Waals surface area contributed by atoms with Crippen LogP contribution in [0, 0.1) is 0 Å². The fourth-order valence-electron chi connectivity index (χ4n) is 3.14. The molecule has 6 heteroatoms. The Hall–Kier alpha value is -3.38. The van der Waals surface area contributed by atoms with E-state index in [0.29, 0.717) is 18.1 Å².